The molecule has 1 atom stereocenters. The number of nitrogens with zero attached hydrogens (tertiary/aromatic N) is 1. The summed E-state index contributed by atoms with van der Waals surface area (Å²) in [4.78, 5) is 26.1. The van der Waals surface area contributed by atoms with Gasteiger partial charge in [0.15, 0.2) is 5.60 Å². The van der Waals surface area contributed by atoms with Crippen molar-refractivity contribution < 1.29 is 24.2 Å². The highest BCUT2D eigenvalue weighted by molar-refractivity contribution is 5.79. The first-order valence-electron chi connectivity index (χ1n) is 10.2. The molecule has 1 saturated heterocycles. The largest absolute Gasteiger partial charge is 0.497 e. The molecule has 0 bridgehead atoms. The number of carboxylic acid groups (broad SMARTS) is 1. The third-order valence-electron chi connectivity index (χ3n) is 5.51. The second kappa shape index (κ2) is 9.20. The first kappa shape index (κ1) is 21.7. The average Bonchev–Trinajstić information content (AvgIpc) is 2.74. The van der Waals surface area contributed by atoms with Crippen LogP contribution in [-0.2, 0) is 16.0 Å². The van der Waals surface area contributed by atoms with Crippen molar-refractivity contribution >= 4 is 11.9 Å². The van der Waals surface area contributed by atoms with Gasteiger partial charge >= 0.3 is 5.97 Å². The zero-order chi connectivity index (χ0) is 21.7. The van der Waals surface area contributed by atoms with E-state index in [9.17, 15) is 14.7 Å². The van der Waals surface area contributed by atoms with E-state index in [1.165, 1.54) is 13.8 Å². The van der Waals surface area contributed by atoms with Crippen LogP contribution in [0.5, 0.6) is 11.5 Å². The van der Waals surface area contributed by atoms with Gasteiger partial charge in [0.25, 0.3) is 0 Å². The number of carbonyl (C=O) groups excluding carboxylic acids is 1. The van der Waals surface area contributed by atoms with E-state index < -0.39 is 11.6 Å². The van der Waals surface area contributed by atoms with Gasteiger partial charge in [-0.3, -0.25) is 4.79 Å². The summed E-state index contributed by atoms with van der Waals surface area (Å²) in [5, 5.41) is 9.29. The lowest BCUT2D eigenvalue weighted by Gasteiger charge is -2.33. The Morgan fingerprint density at radius 3 is 2.53 bits per heavy atom. The van der Waals surface area contributed by atoms with E-state index in [-0.39, 0.29) is 11.8 Å². The molecule has 30 heavy (non-hydrogen) atoms. The molecule has 1 heterocycles. The molecule has 1 aliphatic rings. The van der Waals surface area contributed by atoms with Gasteiger partial charge in [-0.2, -0.15) is 0 Å². The number of rotatable bonds is 7. The minimum Gasteiger partial charge on any atom is -0.497 e. The molecule has 1 N–H and O–H groups in total. The van der Waals surface area contributed by atoms with Crippen LogP contribution < -0.4 is 9.47 Å². The van der Waals surface area contributed by atoms with Crippen LogP contribution in [0, 0.1) is 0 Å². The molecule has 6 heteroatoms. The fourth-order valence-corrected chi connectivity index (χ4v) is 3.68. The van der Waals surface area contributed by atoms with E-state index in [2.05, 4.69) is 0 Å². The van der Waals surface area contributed by atoms with Gasteiger partial charge in [-0.25, -0.2) is 4.79 Å². The van der Waals surface area contributed by atoms with Gasteiger partial charge in [-0.05, 0) is 62.1 Å². The smallest absolute Gasteiger partial charge is 0.347 e. The molecule has 3 rings (SSSR count). The Kier molecular flexibility index (Phi) is 6.65. The second-order valence-corrected chi connectivity index (χ2v) is 8.19. The third kappa shape index (κ3) is 5.32. The number of likely N-dealkylation sites (tertiary alicyclic amines) is 1. The fraction of sp³-hybridized carbons (Fsp3) is 0.417. The normalized spacial score (nSPS) is 16.8. The van der Waals surface area contributed by atoms with Crippen molar-refractivity contribution in [2.45, 2.75) is 44.6 Å². The lowest BCUT2D eigenvalue weighted by Crippen LogP contribution is -2.40. The molecule has 0 radical (unpaired) electrons. The summed E-state index contributed by atoms with van der Waals surface area (Å²) in [6.07, 6.45) is 2.29. The number of methoxy groups -OCH3 is 1. The van der Waals surface area contributed by atoms with Crippen LogP contribution in [0.1, 0.15) is 43.7 Å². The van der Waals surface area contributed by atoms with Crippen molar-refractivity contribution in [3.05, 3.63) is 59.7 Å². The minimum absolute atomic E-state index is 0.115. The Labute approximate surface area is 177 Å². The van der Waals surface area contributed by atoms with E-state index in [4.69, 9.17) is 9.47 Å². The summed E-state index contributed by atoms with van der Waals surface area (Å²) in [6.45, 7) is 4.47. The zero-order valence-electron chi connectivity index (χ0n) is 17.8. The number of piperidine rings is 1. The summed E-state index contributed by atoms with van der Waals surface area (Å²) in [7, 11) is 1.62. The van der Waals surface area contributed by atoms with Crippen LogP contribution in [0.3, 0.4) is 0 Å². The Bertz CT molecular complexity index is 891. The summed E-state index contributed by atoms with van der Waals surface area (Å²) < 4.78 is 10.8. The number of hydrogen-bond donors (Lipinski definition) is 1. The molecule has 0 saturated carbocycles. The highest BCUT2D eigenvalue weighted by Gasteiger charge is 2.30. The highest BCUT2D eigenvalue weighted by atomic mass is 16.5. The van der Waals surface area contributed by atoms with Gasteiger partial charge in [0.1, 0.15) is 11.5 Å². The number of hydrogen-bond acceptors (Lipinski definition) is 4. The Hall–Kier alpha value is -3.02. The lowest BCUT2D eigenvalue weighted by molar-refractivity contribution is -0.152. The number of carboxylic acids is 1. The molecular formula is C24H29NO5. The van der Waals surface area contributed by atoms with Crippen LogP contribution in [0.2, 0.25) is 0 Å². The van der Waals surface area contributed by atoms with Gasteiger partial charge in [-0.1, -0.05) is 24.3 Å². The standard InChI is InChI=1S/C24H29NO5/c1-24(2,23(27)28)30-21-8-4-6-18(15-21)19-7-5-13-25(16-19)22(26)14-17-9-11-20(29-3)12-10-17/h4,6,8-12,15,19H,5,7,13-14,16H2,1-3H3,(H,27,28). The van der Waals surface area contributed by atoms with E-state index in [0.29, 0.717) is 18.7 Å². The Balaban J connectivity index is 1.66. The van der Waals surface area contributed by atoms with Gasteiger partial charge < -0.3 is 19.5 Å². The number of ether oxygens (including phenoxy) is 2. The molecular weight excluding hydrogens is 382 g/mol. The maximum atomic E-state index is 12.8. The predicted octanol–water partition coefficient (Wildman–Crippen LogP) is 3.89. The molecule has 2 aromatic rings. The number of benzene rings is 2. The topological polar surface area (TPSA) is 76.1 Å². The molecule has 0 spiro atoms. The average molecular weight is 411 g/mol. The molecule has 0 aliphatic carbocycles. The summed E-state index contributed by atoms with van der Waals surface area (Å²) in [5.74, 6) is 0.610. The molecule has 0 aromatic heterocycles. The van der Waals surface area contributed by atoms with E-state index in [0.717, 1.165) is 36.3 Å². The first-order chi connectivity index (χ1) is 14.3. The van der Waals surface area contributed by atoms with Gasteiger partial charge in [0.05, 0.1) is 13.5 Å². The first-order valence-corrected chi connectivity index (χ1v) is 10.2. The minimum atomic E-state index is -1.30. The summed E-state index contributed by atoms with van der Waals surface area (Å²) >= 11 is 0. The Morgan fingerprint density at radius 2 is 1.87 bits per heavy atom. The van der Waals surface area contributed by atoms with E-state index in [1.807, 2.05) is 47.4 Å². The predicted molar refractivity (Wildman–Crippen MR) is 114 cm³/mol. The van der Waals surface area contributed by atoms with Crippen molar-refractivity contribution in [1.82, 2.24) is 4.90 Å². The number of carbonyl (C=O) groups is 2. The van der Waals surface area contributed by atoms with Gasteiger partial charge in [-0.15, -0.1) is 0 Å². The van der Waals surface area contributed by atoms with Crippen LogP contribution >= 0.6 is 0 Å². The Morgan fingerprint density at radius 1 is 1.13 bits per heavy atom. The quantitative estimate of drug-likeness (QED) is 0.748. The monoisotopic (exact) mass is 411 g/mol. The zero-order valence-corrected chi connectivity index (χ0v) is 17.8. The fourth-order valence-electron chi connectivity index (χ4n) is 3.68. The summed E-state index contributed by atoms with van der Waals surface area (Å²) in [5.41, 5.74) is 0.732. The molecule has 160 valence electrons. The highest BCUT2D eigenvalue weighted by Crippen LogP contribution is 2.30. The molecule has 1 amide bonds. The maximum Gasteiger partial charge on any atom is 0.347 e. The maximum absolute atomic E-state index is 12.8. The van der Waals surface area contributed by atoms with Crippen LogP contribution in [0.15, 0.2) is 48.5 Å². The molecule has 2 aromatic carbocycles. The number of aliphatic carboxylic acids is 1. The van der Waals surface area contributed by atoms with Crippen molar-refractivity contribution in [3.8, 4) is 11.5 Å². The van der Waals surface area contributed by atoms with Crippen molar-refractivity contribution in [3.63, 3.8) is 0 Å². The molecule has 1 fully saturated rings. The second-order valence-electron chi connectivity index (χ2n) is 8.19. The van der Waals surface area contributed by atoms with Crippen molar-refractivity contribution in [2.75, 3.05) is 20.2 Å². The van der Waals surface area contributed by atoms with Gasteiger partial charge in [0.2, 0.25) is 5.91 Å². The van der Waals surface area contributed by atoms with Crippen LogP contribution in [-0.4, -0.2) is 47.7 Å². The third-order valence-corrected chi connectivity index (χ3v) is 5.51. The van der Waals surface area contributed by atoms with Crippen molar-refractivity contribution in [1.29, 1.82) is 0 Å². The molecule has 1 unspecified atom stereocenters. The molecule has 1 aliphatic heterocycles. The van der Waals surface area contributed by atoms with Crippen LogP contribution in [0.4, 0.5) is 0 Å². The van der Waals surface area contributed by atoms with E-state index in [1.54, 1.807) is 13.2 Å². The van der Waals surface area contributed by atoms with Crippen LogP contribution in [0.25, 0.3) is 0 Å². The lowest BCUT2D eigenvalue weighted by atomic mass is 9.90. The molecule has 6 nitrogen and oxygen atoms in total. The van der Waals surface area contributed by atoms with Gasteiger partial charge in [0, 0.05) is 19.0 Å². The number of amides is 1. The summed E-state index contributed by atoms with van der Waals surface area (Å²) in [6, 6.07) is 15.1. The van der Waals surface area contributed by atoms with E-state index >= 15 is 0 Å². The SMILES string of the molecule is COc1ccc(CC(=O)N2CCCC(c3cccc(OC(C)(C)C(=O)O)c3)C2)cc1. The van der Waals surface area contributed by atoms with Crippen molar-refractivity contribution in [2.24, 2.45) is 0 Å².